The van der Waals surface area contributed by atoms with Crippen molar-refractivity contribution < 1.29 is 4.74 Å². The molecule has 0 aliphatic carbocycles. The van der Waals surface area contributed by atoms with E-state index in [1.165, 1.54) is 10.6 Å². The maximum Gasteiger partial charge on any atom is 0.330 e. The summed E-state index contributed by atoms with van der Waals surface area (Å²) in [4.78, 5) is 25.4. The van der Waals surface area contributed by atoms with Gasteiger partial charge in [-0.1, -0.05) is 30.3 Å². The van der Waals surface area contributed by atoms with Gasteiger partial charge in [-0.2, -0.15) is 0 Å². The van der Waals surface area contributed by atoms with E-state index in [0.717, 1.165) is 5.56 Å². The Kier molecular flexibility index (Phi) is 4.30. The lowest BCUT2D eigenvalue weighted by atomic mass is 10.1. The maximum absolute atomic E-state index is 11.8. The highest BCUT2D eigenvalue weighted by atomic mass is 16.5. The Balaban J connectivity index is 2.37. The molecule has 19 heavy (non-hydrogen) atoms. The van der Waals surface area contributed by atoms with Crippen LogP contribution < -0.4 is 11.2 Å². The molecule has 0 fully saturated rings. The van der Waals surface area contributed by atoms with Crippen LogP contribution in [0.5, 0.6) is 0 Å². The molecule has 0 saturated carbocycles. The number of nitrogens with zero attached hydrogens (tertiary/aromatic N) is 1. The van der Waals surface area contributed by atoms with Gasteiger partial charge in [0, 0.05) is 24.8 Å². The fraction of sp³-hybridized carbons (Fsp3) is 0.286. The quantitative estimate of drug-likeness (QED) is 0.876. The summed E-state index contributed by atoms with van der Waals surface area (Å²) < 4.78 is 6.70. The molecule has 0 unspecified atom stereocenters. The zero-order valence-electron chi connectivity index (χ0n) is 10.8. The molecule has 0 aliphatic heterocycles. The van der Waals surface area contributed by atoms with E-state index in [2.05, 4.69) is 4.98 Å². The van der Waals surface area contributed by atoms with E-state index in [0.29, 0.717) is 18.7 Å². The average molecular weight is 260 g/mol. The highest BCUT2D eigenvalue weighted by molar-refractivity contribution is 5.21. The van der Waals surface area contributed by atoms with Crippen LogP contribution in [-0.4, -0.2) is 16.2 Å². The largest absolute Gasteiger partial charge is 0.361 e. The number of ether oxygens (including phenoxy) is 1. The second-order valence-corrected chi connectivity index (χ2v) is 4.14. The molecule has 0 amide bonds. The van der Waals surface area contributed by atoms with Gasteiger partial charge in [0.05, 0.1) is 0 Å². The molecule has 1 aromatic heterocycles. The minimum absolute atomic E-state index is 0.147. The first kappa shape index (κ1) is 13.3. The van der Waals surface area contributed by atoms with Crippen molar-refractivity contribution in [3.8, 4) is 0 Å². The molecule has 0 aliphatic rings. The third kappa shape index (κ3) is 3.42. The number of rotatable bonds is 5. The van der Waals surface area contributed by atoms with Crippen LogP contribution in [0, 0.1) is 0 Å². The number of benzene rings is 1. The lowest BCUT2D eigenvalue weighted by molar-refractivity contribution is 0.0824. The van der Waals surface area contributed by atoms with Gasteiger partial charge in [-0.15, -0.1) is 0 Å². The van der Waals surface area contributed by atoms with Crippen molar-refractivity contribution in [2.24, 2.45) is 0 Å². The van der Waals surface area contributed by atoms with Crippen LogP contribution in [0.4, 0.5) is 0 Å². The molecule has 0 spiro atoms. The Morgan fingerprint density at radius 1 is 1.21 bits per heavy atom. The fourth-order valence-electron chi connectivity index (χ4n) is 1.84. The SMILES string of the molecule is CCOCn1c(Cc2ccccc2)cc(=O)[nH]c1=O. The number of nitrogens with one attached hydrogen (secondary N) is 1. The molecule has 0 saturated heterocycles. The van der Waals surface area contributed by atoms with E-state index < -0.39 is 5.69 Å². The summed E-state index contributed by atoms with van der Waals surface area (Å²) in [5.41, 5.74) is 0.863. The second-order valence-electron chi connectivity index (χ2n) is 4.14. The highest BCUT2D eigenvalue weighted by Crippen LogP contribution is 2.06. The molecule has 0 atom stereocenters. The van der Waals surface area contributed by atoms with Gasteiger partial charge in [0.25, 0.3) is 5.56 Å². The predicted octanol–water partition coefficient (Wildman–Crippen LogP) is 1.12. The van der Waals surface area contributed by atoms with Crippen molar-refractivity contribution in [2.75, 3.05) is 6.61 Å². The Hall–Kier alpha value is -2.14. The number of aromatic amines is 1. The first-order valence-electron chi connectivity index (χ1n) is 6.15. The van der Waals surface area contributed by atoms with Gasteiger partial charge in [-0.3, -0.25) is 14.3 Å². The number of aromatic nitrogens is 2. The molecule has 0 radical (unpaired) electrons. The molecular formula is C14H16N2O3. The third-order valence-electron chi connectivity index (χ3n) is 2.77. The summed E-state index contributed by atoms with van der Waals surface area (Å²) in [5.74, 6) is 0. The maximum atomic E-state index is 11.8. The smallest absolute Gasteiger partial charge is 0.330 e. The zero-order chi connectivity index (χ0) is 13.7. The number of hydrogen-bond acceptors (Lipinski definition) is 3. The van der Waals surface area contributed by atoms with Crippen molar-refractivity contribution in [1.29, 1.82) is 0 Å². The summed E-state index contributed by atoms with van der Waals surface area (Å²) in [6, 6.07) is 11.1. The Morgan fingerprint density at radius 2 is 1.95 bits per heavy atom. The Bertz CT molecular complexity index is 644. The second kappa shape index (κ2) is 6.15. The van der Waals surface area contributed by atoms with Crippen LogP contribution in [0.15, 0.2) is 46.0 Å². The van der Waals surface area contributed by atoms with Gasteiger partial charge in [0.1, 0.15) is 6.73 Å². The van der Waals surface area contributed by atoms with Crippen LogP contribution in [0.3, 0.4) is 0 Å². The van der Waals surface area contributed by atoms with E-state index in [1.807, 2.05) is 37.3 Å². The standard InChI is InChI=1S/C14H16N2O3/c1-2-19-10-16-12(9-13(17)15-14(16)18)8-11-6-4-3-5-7-11/h3-7,9H,2,8,10H2,1H3,(H,15,17,18). The van der Waals surface area contributed by atoms with Crippen LogP contribution in [0.25, 0.3) is 0 Å². The van der Waals surface area contributed by atoms with Gasteiger partial charge in [-0.05, 0) is 12.5 Å². The molecule has 5 nitrogen and oxygen atoms in total. The summed E-state index contributed by atoms with van der Waals surface area (Å²) in [5, 5.41) is 0. The minimum Gasteiger partial charge on any atom is -0.361 e. The predicted molar refractivity (Wildman–Crippen MR) is 72.2 cm³/mol. The summed E-state index contributed by atoms with van der Waals surface area (Å²) in [6.45, 7) is 2.51. The van der Waals surface area contributed by atoms with Gasteiger partial charge >= 0.3 is 5.69 Å². The fourth-order valence-corrected chi connectivity index (χ4v) is 1.84. The molecule has 2 rings (SSSR count). The van der Waals surface area contributed by atoms with Crippen LogP contribution >= 0.6 is 0 Å². The van der Waals surface area contributed by atoms with Crippen molar-refractivity contribution in [1.82, 2.24) is 9.55 Å². The average Bonchev–Trinajstić information content (AvgIpc) is 2.39. The van der Waals surface area contributed by atoms with Crippen LogP contribution in [0.1, 0.15) is 18.2 Å². The van der Waals surface area contributed by atoms with Crippen molar-refractivity contribution in [2.45, 2.75) is 20.1 Å². The molecule has 1 heterocycles. The van der Waals surface area contributed by atoms with Crippen molar-refractivity contribution in [3.63, 3.8) is 0 Å². The summed E-state index contributed by atoms with van der Waals surface area (Å²) >= 11 is 0. The van der Waals surface area contributed by atoms with Crippen molar-refractivity contribution >= 4 is 0 Å². The monoisotopic (exact) mass is 260 g/mol. The lowest BCUT2D eigenvalue weighted by Crippen LogP contribution is -2.33. The molecule has 5 heteroatoms. The normalized spacial score (nSPS) is 10.6. The zero-order valence-corrected chi connectivity index (χ0v) is 10.8. The Morgan fingerprint density at radius 3 is 2.63 bits per heavy atom. The summed E-state index contributed by atoms with van der Waals surface area (Å²) in [6.07, 6.45) is 0.521. The van der Waals surface area contributed by atoms with Gasteiger partial charge in [0.15, 0.2) is 0 Å². The van der Waals surface area contributed by atoms with Crippen molar-refractivity contribution in [3.05, 3.63) is 68.5 Å². The van der Waals surface area contributed by atoms with E-state index in [-0.39, 0.29) is 12.3 Å². The van der Waals surface area contributed by atoms with Crippen LogP contribution in [-0.2, 0) is 17.9 Å². The highest BCUT2D eigenvalue weighted by Gasteiger charge is 2.06. The van der Waals surface area contributed by atoms with Gasteiger partial charge in [0.2, 0.25) is 0 Å². The first-order valence-corrected chi connectivity index (χ1v) is 6.15. The van der Waals surface area contributed by atoms with E-state index in [1.54, 1.807) is 0 Å². The Labute approximate surface area is 110 Å². The minimum atomic E-state index is -0.438. The number of H-pyrrole nitrogens is 1. The topological polar surface area (TPSA) is 64.1 Å². The lowest BCUT2D eigenvalue weighted by Gasteiger charge is -2.11. The first-order chi connectivity index (χ1) is 9.20. The van der Waals surface area contributed by atoms with Gasteiger partial charge in [-0.25, -0.2) is 4.79 Å². The van der Waals surface area contributed by atoms with E-state index >= 15 is 0 Å². The molecule has 100 valence electrons. The molecular weight excluding hydrogens is 244 g/mol. The third-order valence-corrected chi connectivity index (χ3v) is 2.77. The number of hydrogen-bond donors (Lipinski definition) is 1. The molecule has 2 aromatic rings. The molecule has 0 bridgehead atoms. The molecule has 1 aromatic carbocycles. The van der Waals surface area contributed by atoms with Gasteiger partial charge < -0.3 is 4.74 Å². The molecule has 1 N–H and O–H groups in total. The van der Waals surface area contributed by atoms with Crippen LogP contribution in [0.2, 0.25) is 0 Å². The summed E-state index contributed by atoms with van der Waals surface area (Å²) in [7, 11) is 0. The van der Waals surface area contributed by atoms with E-state index in [9.17, 15) is 9.59 Å². The van der Waals surface area contributed by atoms with E-state index in [4.69, 9.17) is 4.74 Å².